The molecule has 0 radical (unpaired) electrons. The van der Waals surface area contributed by atoms with Crippen molar-refractivity contribution < 1.29 is 13.2 Å². The van der Waals surface area contributed by atoms with Crippen LogP contribution in [-0.2, 0) is 10.0 Å². The number of carbonyl (C=O) groups is 1. The molecule has 1 aromatic rings. The number of carbonyl (C=O) groups excluding carboxylic acids is 1. The molecule has 0 spiro atoms. The number of rotatable bonds is 5. The third-order valence-corrected chi connectivity index (χ3v) is 7.69. The highest BCUT2D eigenvalue weighted by molar-refractivity contribution is 7.89. The van der Waals surface area contributed by atoms with Crippen LogP contribution in [0.25, 0.3) is 0 Å². The van der Waals surface area contributed by atoms with Crippen LogP contribution in [0.15, 0.2) is 29.2 Å². The van der Waals surface area contributed by atoms with Crippen molar-refractivity contribution in [3.63, 3.8) is 0 Å². The summed E-state index contributed by atoms with van der Waals surface area (Å²) in [4.78, 5) is 15.0. The lowest BCUT2D eigenvalue weighted by atomic mass is 9.97. The molecule has 1 unspecified atom stereocenters. The number of amides is 1. The molecule has 7 heteroatoms. The van der Waals surface area contributed by atoms with E-state index in [0.29, 0.717) is 30.5 Å². The van der Waals surface area contributed by atoms with Crippen LogP contribution < -0.4 is 5.32 Å². The van der Waals surface area contributed by atoms with Crippen molar-refractivity contribution in [2.75, 3.05) is 39.8 Å². The van der Waals surface area contributed by atoms with Gasteiger partial charge in [-0.05, 0) is 75.4 Å². The van der Waals surface area contributed by atoms with Gasteiger partial charge < -0.3 is 10.2 Å². The molecule has 1 atom stereocenters. The van der Waals surface area contributed by atoms with Crippen molar-refractivity contribution in [3.8, 4) is 0 Å². The lowest BCUT2D eigenvalue weighted by Crippen LogP contribution is -2.42. The Bertz CT molecular complexity index is 738. The molecule has 2 aliphatic heterocycles. The molecule has 3 rings (SSSR count). The van der Waals surface area contributed by atoms with Crippen LogP contribution in [0.1, 0.15) is 43.0 Å². The fraction of sp³-hybridized carbons (Fsp3) is 0.650. The maximum Gasteiger partial charge on any atom is 0.253 e. The molecule has 6 nitrogen and oxygen atoms in total. The van der Waals surface area contributed by atoms with Gasteiger partial charge in [0.2, 0.25) is 10.0 Å². The van der Waals surface area contributed by atoms with Crippen LogP contribution in [-0.4, -0.2) is 63.3 Å². The summed E-state index contributed by atoms with van der Waals surface area (Å²) in [5.41, 5.74) is 0.561. The standard InChI is InChI=1S/C20H31N3O3S/c1-16-9-12-23(13-10-16)27(25,26)19-7-5-18(6-8-19)20(24)22-11-3-4-17(15-22)14-21-2/h5-8,16-17,21H,3-4,9-15H2,1-2H3. The van der Waals surface area contributed by atoms with Gasteiger partial charge in [0.05, 0.1) is 4.90 Å². The van der Waals surface area contributed by atoms with E-state index in [1.165, 1.54) is 0 Å². The second-order valence-corrected chi connectivity index (χ2v) is 9.87. The van der Waals surface area contributed by atoms with Crippen LogP contribution in [0.2, 0.25) is 0 Å². The SMILES string of the molecule is CNCC1CCCN(C(=O)c2ccc(S(=O)(=O)N3CCC(C)CC3)cc2)C1. The third kappa shape index (κ3) is 4.70. The molecular weight excluding hydrogens is 362 g/mol. The first-order valence-electron chi connectivity index (χ1n) is 9.96. The Hall–Kier alpha value is -1.44. The number of hydrogen-bond acceptors (Lipinski definition) is 4. The van der Waals surface area contributed by atoms with E-state index in [1.807, 2.05) is 11.9 Å². The Labute approximate surface area is 163 Å². The van der Waals surface area contributed by atoms with Crippen molar-refractivity contribution in [1.29, 1.82) is 0 Å². The third-order valence-electron chi connectivity index (χ3n) is 5.78. The summed E-state index contributed by atoms with van der Waals surface area (Å²) in [7, 11) is -1.54. The number of piperidine rings is 2. The molecule has 27 heavy (non-hydrogen) atoms. The zero-order valence-corrected chi connectivity index (χ0v) is 17.2. The van der Waals surface area contributed by atoms with Gasteiger partial charge in [-0.2, -0.15) is 4.31 Å². The zero-order valence-electron chi connectivity index (χ0n) is 16.4. The Balaban J connectivity index is 1.68. The van der Waals surface area contributed by atoms with Gasteiger partial charge in [0.15, 0.2) is 0 Å². The molecule has 0 aliphatic carbocycles. The predicted octanol–water partition coefficient (Wildman–Crippen LogP) is 2.18. The van der Waals surface area contributed by atoms with Crippen LogP contribution in [0.5, 0.6) is 0 Å². The van der Waals surface area contributed by atoms with E-state index in [9.17, 15) is 13.2 Å². The normalized spacial score (nSPS) is 22.7. The van der Waals surface area contributed by atoms with Crippen molar-refractivity contribution in [2.24, 2.45) is 11.8 Å². The van der Waals surface area contributed by atoms with Crippen LogP contribution in [0.4, 0.5) is 0 Å². The fourth-order valence-corrected chi connectivity index (χ4v) is 5.50. The van der Waals surface area contributed by atoms with Crippen LogP contribution in [0.3, 0.4) is 0 Å². The Morgan fingerprint density at radius 2 is 1.78 bits per heavy atom. The fourth-order valence-electron chi connectivity index (χ4n) is 4.03. The van der Waals surface area contributed by atoms with Gasteiger partial charge in [-0.25, -0.2) is 8.42 Å². The lowest BCUT2D eigenvalue weighted by molar-refractivity contribution is 0.0674. The number of sulfonamides is 1. The predicted molar refractivity (Wildman–Crippen MR) is 106 cm³/mol. The number of hydrogen-bond donors (Lipinski definition) is 1. The molecule has 1 N–H and O–H groups in total. The first-order chi connectivity index (χ1) is 12.9. The minimum Gasteiger partial charge on any atom is -0.338 e. The minimum atomic E-state index is -3.47. The lowest BCUT2D eigenvalue weighted by Gasteiger charge is -2.33. The molecule has 0 aromatic heterocycles. The minimum absolute atomic E-state index is 0.00783. The van der Waals surface area contributed by atoms with E-state index in [1.54, 1.807) is 28.6 Å². The molecule has 2 heterocycles. The van der Waals surface area contributed by atoms with Gasteiger partial charge in [-0.3, -0.25) is 4.79 Å². The van der Waals surface area contributed by atoms with Crippen LogP contribution >= 0.6 is 0 Å². The average molecular weight is 394 g/mol. The summed E-state index contributed by atoms with van der Waals surface area (Å²) < 4.78 is 27.2. The highest BCUT2D eigenvalue weighted by Crippen LogP contribution is 2.24. The monoisotopic (exact) mass is 393 g/mol. The number of nitrogens with zero attached hydrogens (tertiary/aromatic N) is 2. The molecular formula is C20H31N3O3S. The second kappa shape index (κ2) is 8.71. The zero-order chi connectivity index (χ0) is 19.4. The molecule has 1 amide bonds. The van der Waals surface area contributed by atoms with E-state index in [0.717, 1.165) is 45.3 Å². The summed E-state index contributed by atoms with van der Waals surface area (Å²) in [6, 6.07) is 6.47. The van der Waals surface area contributed by atoms with Crippen molar-refractivity contribution >= 4 is 15.9 Å². The summed E-state index contributed by atoms with van der Waals surface area (Å²) >= 11 is 0. The Morgan fingerprint density at radius 3 is 2.41 bits per heavy atom. The van der Waals surface area contributed by atoms with Gasteiger partial charge >= 0.3 is 0 Å². The van der Waals surface area contributed by atoms with Gasteiger partial charge in [-0.1, -0.05) is 6.92 Å². The maximum absolute atomic E-state index is 12.8. The first-order valence-corrected chi connectivity index (χ1v) is 11.4. The second-order valence-electron chi connectivity index (χ2n) is 7.93. The molecule has 0 saturated carbocycles. The topological polar surface area (TPSA) is 69.7 Å². The summed E-state index contributed by atoms with van der Waals surface area (Å²) in [6.45, 7) is 5.74. The van der Waals surface area contributed by atoms with Crippen molar-refractivity contribution in [1.82, 2.24) is 14.5 Å². The van der Waals surface area contributed by atoms with Gasteiger partial charge in [-0.15, -0.1) is 0 Å². The van der Waals surface area contributed by atoms with Crippen LogP contribution in [0, 0.1) is 11.8 Å². The largest absolute Gasteiger partial charge is 0.338 e. The molecule has 150 valence electrons. The van der Waals surface area contributed by atoms with E-state index in [-0.39, 0.29) is 10.8 Å². The highest BCUT2D eigenvalue weighted by atomic mass is 32.2. The van der Waals surface area contributed by atoms with Crippen molar-refractivity contribution in [3.05, 3.63) is 29.8 Å². The first kappa shape index (κ1) is 20.3. The summed E-state index contributed by atoms with van der Waals surface area (Å²) in [6.07, 6.45) is 3.95. The van der Waals surface area contributed by atoms with Crippen molar-refractivity contribution in [2.45, 2.75) is 37.5 Å². The molecule has 0 bridgehead atoms. The average Bonchev–Trinajstić information content (AvgIpc) is 2.68. The molecule has 2 aliphatic rings. The smallest absolute Gasteiger partial charge is 0.253 e. The van der Waals surface area contributed by atoms with E-state index in [4.69, 9.17) is 0 Å². The van der Waals surface area contributed by atoms with Gasteiger partial charge in [0.25, 0.3) is 5.91 Å². The summed E-state index contributed by atoms with van der Waals surface area (Å²) in [5, 5.41) is 3.19. The van der Waals surface area contributed by atoms with Gasteiger partial charge in [0, 0.05) is 31.7 Å². The van der Waals surface area contributed by atoms with E-state index < -0.39 is 10.0 Å². The van der Waals surface area contributed by atoms with Gasteiger partial charge in [0.1, 0.15) is 0 Å². The number of nitrogens with one attached hydrogen (secondary N) is 1. The molecule has 2 saturated heterocycles. The Morgan fingerprint density at radius 1 is 1.11 bits per heavy atom. The maximum atomic E-state index is 12.8. The quantitative estimate of drug-likeness (QED) is 0.832. The molecule has 1 aromatic carbocycles. The molecule has 2 fully saturated rings. The highest BCUT2D eigenvalue weighted by Gasteiger charge is 2.29. The van der Waals surface area contributed by atoms with E-state index in [2.05, 4.69) is 12.2 Å². The number of likely N-dealkylation sites (tertiary alicyclic amines) is 1. The van der Waals surface area contributed by atoms with E-state index >= 15 is 0 Å². The Kier molecular flexibility index (Phi) is 6.55. The summed E-state index contributed by atoms with van der Waals surface area (Å²) in [5.74, 6) is 1.05. The number of benzene rings is 1.